The second-order valence-corrected chi connectivity index (χ2v) is 8.05. The minimum absolute atomic E-state index is 0.230. The van der Waals surface area contributed by atoms with Gasteiger partial charge in [-0.25, -0.2) is 14.4 Å². The molecule has 0 unspecified atom stereocenters. The van der Waals surface area contributed by atoms with E-state index >= 15 is 0 Å². The van der Waals surface area contributed by atoms with E-state index in [1.165, 1.54) is 35.0 Å². The Morgan fingerprint density at radius 1 is 1.19 bits per heavy atom. The molecule has 1 aliphatic rings. The van der Waals surface area contributed by atoms with Crippen molar-refractivity contribution in [2.24, 2.45) is 0 Å². The molecule has 162 valence electrons. The van der Waals surface area contributed by atoms with Crippen LogP contribution >= 0.6 is 0 Å². The fourth-order valence-corrected chi connectivity index (χ4v) is 4.04. The van der Waals surface area contributed by atoms with Crippen LogP contribution in [0.3, 0.4) is 0 Å². The molecule has 31 heavy (non-hydrogen) atoms. The fraction of sp³-hybridized carbons (Fsp3) is 0.435. The summed E-state index contributed by atoms with van der Waals surface area (Å²) in [4.78, 5) is 24.4. The molecule has 8 heteroatoms. The molecular weight excluding hydrogens is 397 g/mol. The van der Waals surface area contributed by atoms with E-state index in [2.05, 4.69) is 27.2 Å². The summed E-state index contributed by atoms with van der Waals surface area (Å²) in [6.45, 7) is 1.75. The lowest BCUT2D eigenvalue weighted by Gasteiger charge is -2.15. The number of carbonyl (C=O) groups is 1. The zero-order valence-electron chi connectivity index (χ0n) is 17.6. The summed E-state index contributed by atoms with van der Waals surface area (Å²) in [6.07, 6.45) is 10.7. The molecule has 7 nitrogen and oxygen atoms in total. The van der Waals surface area contributed by atoms with Gasteiger partial charge in [-0.2, -0.15) is 5.10 Å². The Hall–Kier alpha value is -3.16. The molecule has 3 aromatic heterocycles. The summed E-state index contributed by atoms with van der Waals surface area (Å²) >= 11 is 0. The normalized spacial score (nSPS) is 14.3. The van der Waals surface area contributed by atoms with Crippen molar-refractivity contribution in [2.45, 2.75) is 64.3 Å². The average molecular weight is 423 g/mol. The maximum absolute atomic E-state index is 14.6. The second kappa shape index (κ2) is 9.32. The largest absolute Gasteiger partial charge is 0.481 e. The van der Waals surface area contributed by atoms with Crippen LogP contribution in [0.4, 0.5) is 4.39 Å². The third-order valence-corrected chi connectivity index (χ3v) is 5.71. The molecule has 1 N–H and O–H groups in total. The number of carboxylic acids is 1. The molecule has 1 atom stereocenters. The summed E-state index contributed by atoms with van der Waals surface area (Å²) in [7, 11) is 0. The molecule has 0 radical (unpaired) electrons. The lowest BCUT2D eigenvalue weighted by atomic mass is 9.95. The Labute approximate surface area is 180 Å². The first-order valence-corrected chi connectivity index (χ1v) is 10.7. The Morgan fingerprint density at radius 2 is 1.97 bits per heavy atom. The summed E-state index contributed by atoms with van der Waals surface area (Å²) in [5.74, 6) is -0.843. The summed E-state index contributed by atoms with van der Waals surface area (Å²) < 4.78 is 15.9. The highest BCUT2D eigenvalue weighted by Crippen LogP contribution is 2.23. The van der Waals surface area contributed by atoms with Gasteiger partial charge in [0.05, 0.1) is 24.4 Å². The number of halogens is 1. The first-order chi connectivity index (χ1) is 15.0. The molecular formula is C23H26FN5O2. The predicted molar refractivity (Wildman–Crippen MR) is 112 cm³/mol. The molecule has 4 rings (SSSR count). The van der Waals surface area contributed by atoms with Gasteiger partial charge in [0, 0.05) is 29.3 Å². The van der Waals surface area contributed by atoms with E-state index in [9.17, 15) is 14.3 Å². The van der Waals surface area contributed by atoms with Crippen molar-refractivity contribution >= 4 is 5.97 Å². The number of fused-ring (bicyclic) bond motifs is 1. The number of hydrogen-bond donors (Lipinski definition) is 1. The maximum atomic E-state index is 14.6. The monoisotopic (exact) mass is 423 g/mol. The zero-order chi connectivity index (χ0) is 21.8. The van der Waals surface area contributed by atoms with E-state index in [0.717, 1.165) is 31.4 Å². The average Bonchev–Trinajstić information content (AvgIpc) is 3.13. The number of nitrogens with zero attached hydrogens (tertiary/aromatic N) is 5. The SMILES string of the molecule is Cc1ncc([C@@H](CC(=O)O)n2cc(F)c(CCCc3ccc4c(n3)CCCC4)n2)cn1. The highest BCUT2D eigenvalue weighted by Gasteiger charge is 2.22. The van der Waals surface area contributed by atoms with Crippen LogP contribution in [0.25, 0.3) is 0 Å². The zero-order valence-corrected chi connectivity index (χ0v) is 17.6. The van der Waals surface area contributed by atoms with Crippen LogP contribution in [0.2, 0.25) is 0 Å². The maximum Gasteiger partial charge on any atom is 0.305 e. The third kappa shape index (κ3) is 5.13. The summed E-state index contributed by atoms with van der Waals surface area (Å²) in [5, 5.41) is 13.7. The lowest BCUT2D eigenvalue weighted by Crippen LogP contribution is -2.16. The fourth-order valence-electron chi connectivity index (χ4n) is 4.04. The molecule has 0 saturated heterocycles. The Kier molecular flexibility index (Phi) is 6.34. The molecule has 0 bridgehead atoms. The van der Waals surface area contributed by atoms with Gasteiger partial charge in [-0.1, -0.05) is 6.07 Å². The topological polar surface area (TPSA) is 93.8 Å². The Balaban J connectivity index is 1.44. The van der Waals surface area contributed by atoms with E-state index in [1.807, 2.05) is 0 Å². The summed E-state index contributed by atoms with van der Waals surface area (Å²) in [5.41, 5.74) is 4.50. The quantitative estimate of drug-likeness (QED) is 0.595. The molecule has 3 aromatic rings. The molecule has 0 aromatic carbocycles. The van der Waals surface area contributed by atoms with Crippen LogP contribution in [0.1, 0.15) is 65.8 Å². The molecule has 0 spiro atoms. The molecule has 3 heterocycles. The van der Waals surface area contributed by atoms with Crippen molar-refractivity contribution in [3.63, 3.8) is 0 Å². The Morgan fingerprint density at radius 3 is 2.74 bits per heavy atom. The highest BCUT2D eigenvalue weighted by atomic mass is 19.1. The number of rotatable bonds is 8. The van der Waals surface area contributed by atoms with Crippen molar-refractivity contribution in [1.82, 2.24) is 24.7 Å². The van der Waals surface area contributed by atoms with Gasteiger partial charge in [0.25, 0.3) is 0 Å². The van der Waals surface area contributed by atoms with Crippen LogP contribution in [0.15, 0.2) is 30.7 Å². The minimum Gasteiger partial charge on any atom is -0.481 e. The number of aliphatic carboxylic acids is 1. The van der Waals surface area contributed by atoms with Crippen molar-refractivity contribution in [3.8, 4) is 0 Å². The van der Waals surface area contributed by atoms with E-state index in [0.29, 0.717) is 23.5 Å². The van der Waals surface area contributed by atoms with Crippen molar-refractivity contribution in [2.75, 3.05) is 0 Å². The molecule has 1 aliphatic carbocycles. The van der Waals surface area contributed by atoms with E-state index in [4.69, 9.17) is 4.98 Å². The van der Waals surface area contributed by atoms with Crippen LogP contribution in [-0.2, 0) is 30.5 Å². The second-order valence-electron chi connectivity index (χ2n) is 8.05. The van der Waals surface area contributed by atoms with Crippen LogP contribution < -0.4 is 0 Å². The van der Waals surface area contributed by atoms with Crippen LogP contribution in [0.5, 0.6) is 0 Å². The molecule has 0 saturated carbocycles. The van der Waals surface area contributed by atoms with Gasteiger partial charge in [0.2, 0.25) is 0 Å². The standard InChI is InChI=1S/C23H26FN5O2/c1-15-25-12-17(13-26-15)22(11-23(30)31)29-14-19(24)21(28-29)8-4-6-18-10-9-16-5-2-3-7-20(16)27-18/h9-10,12-14,22H,2-8,11H2,1H3,(H,30,31)/t22-/m1/s1. The lowest BCUT2D eigenvalue weighted by molar-refractivity contribution is -0.137. The van der Waals surface area contributed by atoms with Crippen molar-refractivity contribution in [3.05, 3.63) is 70.6 Å². The van der Waals surface area contributed by atoms with Crippen molar-refractivity contribution < 1.29 is 14.3 Å². The number of carboxylic acid groups (broad SMARTS) is 1. The van der Waals surface area contributed by atoms with Crippen molar-refractivity contribution in [1.29, 1.82) is 0 Å². The summed E-state index contributed by atoms with van der Waals surface area (Å²) in [6, 6.07) is 3.58. The van der Waals surface area contributed by atoms with Gasteiger partial charge >= 0.3 is 5.97 Å². The van der Waals surface area contributed by atoms with Crippen LogP contribution in [-0.4, -0.2) is 35.8 Å². The number of pyridine rings is 1. The molecule has 0 fully saturated rings. The van der Waals surface area contributed by atoms with Gasteiger partial charge in [-0.15, -0.1) is 0 Å². The van der Waals surface area contributed by atoms with Gasteiger partial charge in [-0.3, -0.25) is 14.5 Å². The number of aromatic nitrogens is 5. The number of hydrogen-bond acceptors (Lipinski definition) is 5. The van der Waals surface area contributed by atoms with Gasteiger partial charge < -0.3 is 5.11 Å². The number of aryl methyl sites for hydroxylation is 5. The Bertz CT molecular complexity index is 1060. The molecule has 0 aliphatic heterocycles. The highest BCUT2D eigenvalue weighted by molar-refractivity contribution is 5.68. The van der Waals surface area contributed by atoms with Crippen LogP contribution in [0, 0.1) is 12.7 Å². The minimum atomic E-state index is -0.999. The first kappa shape index (κ1) is 21.1. The van der Waals surface area contributed by atoms with Gasteiger partial charge in [0.15, 0.2) is 5.82 Å². The smallest absolute Gasteiger partial charge is 0.305 e. The van der Waals surface area contributed by atoms with Gasteiger partial charge in [-0.05, 0) is 63.5 Å². The first-order valence-electron chi connectivity index (χ1n) is 10.7. The third-order valence-electron chi connectivity index (χ3n) is 5.71. The predicted octanol–water partition coefficient (Wildman–Crippen LogP) is 3.63. The van der Waals surface area contributed by atoms with E-state index < -0.39 is 17.8 Å². The van der Waals surface area contributed by atoms with Gasteiger partial charge in [0.1, 0.15) is 5.82 Å². The molecule has 0 amide bonds. The van der Waals surface area contributed by atoms with E-state index in [1.54, 1.807) is 19.3 Å². The van der Waals surface area contributed by atoms with E-state index in [-0.39, 0.29) is 6.42 Å².